The summed E-state index contributed by atoms with van der Waals surface area (Å²) in [5, 5.41) is 9.18. The molecule has 2 aromatic rings. The highest BCUT2D eigenvalue weighted by molar-refractivity contribution is 7.89. The van der Waals surface area contributed by atoms with Crippen molar-refractivity contribution in [3.63, 3.8) is 0 Å². The number of carboxylic acids is 1. The van der Waals surface area contributed by atoms with Crippen LogP contribution in [0.15, 0.2) is 65.6 Å². The SMILES string of the molecule is O=C(O)C1CC1CC[C@H]1CN(C(=O)OCc2ccccc2)CCN1S(=O)(=O)c1ccccc1. The van der Waals surface area contributed by atoms with E-state index in [4.69, 9.17) is 4.74 Å². The van der Waals surface area contributed by atoms with E-state index in [0.717, 1.165) is 5.56 Å². The second kappa shape index (κ2) is 9.93. The van der Waals surface area contributed by atoms with E-state index in [1.807, 2.05) is 30.3 Å². The summed E-state index contributed by atoms with van der Waals surface area (Å²) >= 11 is 0. The Morgan fingerprint density at radius 1 is 0.970 bits per heavy atom. The number of rotatable bonds is 8. The first kappa shape index (κ1) is 23.3. The van der Waals surface area contributed by atoms with Crippen molar-refractivity contribution in [2.24, 2.45) is 11.8 Å². The second-order valence-corrected chi connectivity index (χ2v) is 10.5. The summed E-state index contributed by atoms with van der Waals surface area (Å²) in [4.78, 5) is 25.6. The average Bonchev–Trinajstić information content (AvgIpc) is 3.62. The molecule has 0 radical (unpaired) electrons. The Bertz CT molecular complexity index is 1080. The highest BCUT2D eigenvalue weighted by Gasteiger charge is 2.44. The Hall–Kier alpha value is -2.91. The van der Waals surface area contributed by atoms with E-state index < -0.39 is 28.1 Å². The standard InChI is InChI=1S/C24H28N2O6S/c27-23(28)22-15-19(22)11-12-20-16-25(24(29)32-17-18-7-3-1-4-8-18)13-14-26(20)33(30,31)21-9-5-2-6-10-21/h1-10,19-20,22H,11-17H2,(H,27,28)/t19?,20-,22?/m0/s1. The van der Waals surface area contributed by atoms with Crippen LogP contribution in [0.3, 0.4) is 0 Å². The van der Waals surface area contributed by atoms with Gasteiger partial charge in [0.15, 0.2) is 0 Å². The third-order valence-corrected chi connectivity index (χ3v) is 8.32. The number of aliphatic carboxylic acids is 1. The molecule has 1 heterocycles. The van der Waals surface area contributed by atoms with Crippen LogP contribution in [0.4, 0.5) is 4.79 Å². The van der Waals surface area contributed by atoms with Crippen molar-refractivity contribution in [3.05, 3.63) is 66.2 Å². The van der Waals surface area contributed by atoms with Gasteiger partial charge in [0.2, 0.25) is 10.0 Å². The van der Waals surface area contributed by atoms with Gasteiger partial charge in [-0.1, -0.05) is 48.5 Å². The van der Waals surface area contributed by atoms with E-state index in [1.54, 1.807) is 35.2 Å². The molecule has 0 spiro atoms. The van der Waals surface area contributed by atoms with Gasteiger partial charge in [-0.25, -0.2) is 13.2 Å². The highest BCUT2D eigenvalue weighted by Crippen LogP contribution is 2.43. The molecular formula is C24H28N2O6S. The molecule has 1 N–H and O–H groups in total. The monoisotopic (exact) mass is 472 g/mol. The lowest BCUT2D eigenvalue weighted by Gasteiger charge is -2.40. The van der Waals surface area contributed by atoms with Crippen molar-refractivity contribution in [2.75, 3.05) is 19.6 Å². The first-order valence-electron chi connectivity index (χ1n) is 11.1. The quantitative estimate of drug-likeness (QED) is 0.633. The number of ether oxygens (including phenoxy) is 1. The number of piperazine rings is 1. The van der Waals surface area contributed by atoms with Gasteiger partial charge in [-0.05, 0) is 42.9 Å². The van der Waals surface area contributed by atoms with E-state index in [0.29, 0.717) is 19.3 Å². The average molecular weight is 473 g/mol. The van der Waals surface area contributed by atoms with Gasteiger partial charge in [-0.2, -0.15) is 4.31 Å². The summed E-state index contributed by atoms with van der Waals surface area (Å²) in [5.41, 5.74) is 0.876. The largest absolute Gasteiger partial charge is 0.481 e. The van der Waals surface area contributed by atoms with Crippen LogP contribution in [0.1, 0.15) is 24.8 Å². The van der Waals surface area contributed by atoms with Crippen LogP contribution in [-0.2, 0) is 26.2 Å². The molecule has 1 saturated carbocycles. The van der Waals surface area contributed by atoms with Crippen LogP contribution in [-0.4, -0.2) is 60.5 Å². The minimum atomic E-state index is -3.73. The number of carbonyl (C=O) groups excluding carboxylic acids is 1. The Morgan fingerprint density at radius 3 is 2.27 bits per heavy atom. The van der Waals surface area contributed by atoms with Crippen molar-refractivity contribution < 1.29 is 27.9 Å². The Morgan fingerprint density at radius 2 is 1.64 bits per heavy atom. The molecule has 2 unspecified atom stereocenters. The number of carboxylic acid groups (broad SMARTS) is 1. The number of benzene rings is 2. The van der Waals surface area contributed by atoms with E-state index in [2.05, 4.69) is 0 Å². The lowest BCUT2D eigenvalue weighted by molar-refractivity contribution is -0.138. The van der Waals surface area contributed by atoms with E-state index in [-0.39, 0.29) is 43.0 Å². The second-order valence-electron chi connectivity index (χ2n) is 8.59. The lowest BCUT2D eigenvalue weighted by Crippen LogP contribution is -2.56. The molecule has 8 nitrogen and oxygen atoms in total. The van der Waals surface area contributed by atoms with Crippen LogP contribution in [0.25, 0.3) is 0 Å². The molecule has 1 amide bonds. The van der Waals surface area contributed by atoms with Gasteiger partial charge in [0.05, 0.1) is 10.8 Å². The zero-order chi connectivity index (χ0) is 23.4. The van der Waals surface area contributed by atoms with E-state index in [1.165, 1.54) is 4.31 Å². The minimum Gasteiger partial charge on any atom is -0.481 e. The van der Waals surface area contributed by atoms with Crippen LogP contribution in [0.2, 0.25) is 0 Å². The summed E-state index contributed by atoms with van der Waals surface area (Å²) in [6.45, 7) is 0.756. The van der Waals surface area contributed by atoms with Crippen molar-refractivity contribution in [1.82, 2.24) is 9.21 Å². The molecule has 4 rings (SSSR count). The lowest BCUT2D eigenvalue weighted by atomic mass is 10.1. The summed E-state index contributed by atoms with van der Waals surface area (Å²) in [6, 6.07) is 17.2. The fraction of sp³-hybridized carbons (Fsp3) is 0.417. The molecule has 2 aromatic carbocycles. The van der Waals surface area contributed by atoms with Gasteiger partial charge >= 0.3 is 12.1 Å². The zero-order valence-corrected chi connectivity index (χ0v) is 19.1. The first-order valence-corrected chi connectivity index (χ1v) is 12.6. The van der Waals surface area contributed by atoms with Crippen LogP contribution in [0, 0.1) is 11.8 Å². The highest BCUT2D eigenvalue weighted by atomic mass is 32.2. The van der Waals surface area contributed by atoms with Gasteiger partial charge in [0, 0.05) is 25.7 Å². The number of nitrogens with zero attached hydrogens (tertiary/aromatic N) is 2. The van der Waals surface area contributed by atoms with Crippen molar-refractivity contribution in [1.29, 1.82) is 0 Å². The van der Waals surface area contributed by atoms with Gasteiger partial charge in [0.25, 0.3) is 0 Å². The maximum atomic E-state index is 13.3. The van der Waals surface area contributed by atoms with Gasteiger partial charge in [-0.3, -0.25) is 4.79 Å². The molecule has 9 heteroatoms. The number of amides is 1. The molecule has 1 saturated heterocycles. The summed E-state index contributed by atoms with van der Waals surface area (Å²) in [7, 11) is -3.73. The summed E-state index contributed by atoms with van der Waals surface area (Å²) < 4.78 is 33.5. The molecule has 2 aliphatic rings. The first-order chi connectivity index (χ1) is 15.9. The molecule has 1 aliphatic carbocycles. The fourth-order valence-electron chi connectivity index (χ4n) is 4.37. The van der Waals surface area contributed by atoms with Crippen LogP contribution < -0.4 is 0 Å². The Balaban J connectivity index is 1.45. The molecule has 3 atom stereocenters. The molecule has 2 fully saturated rings. The number of hydrogen-bond acceptors (Lipinski definition) is 5. The topological polar surface area (TPSA) is 104 Å². The number of hydrogen-bond donors (Lipinski definition) is 1. The van der Waals surface area contributed by atoms with E-state index >= 15 is 0 Å². The van der Waals surface area contributed by atoms with Crippen LogP contribution >= 0.6 is 0 Å². The zero-order valence-electron chi connectivity index (χ0n) is 18.2. The summed E-state index contributed by atoms with van der Waals surface area (Å²) in [5.74, 6) is -1.09. The van der Waals surface area contributed by atoms with Crippen LogP contribution in [0.5, 0.6) is 0 Å². The van der Waals surface area contributed by atoms with Crippen molar-refractivity contribution >= 4 is 22.1 Å². The smallest absolute Gasteiger partial charge is 0.410 e. The molecule has 1 aliphatic heterocycles. The third-order valence-electron chi connectivity index (χ3n) is 6.35. The maximum absolute atomic E-state index is 13.3. The maximum Gasteiger partial charge on any atom is 0.410 e. The predicted octanol–water partition coefficient (Wildman–Crippen LogP) is 3.20. The minimum absolute atomic E-state index is 0.0594. The molecular weight excluding hydrogens is 444 g/mol. The Kier molecular flexibility index (Phi) is 6.99. The molecule has 33 heavy (non-hydrogen) atoms. The fourth-order valence-corrected chi connectivity index (χ4v) is 6.03. The van der Waals surface area contributed by atoms with Crippen molar-refractivity contribution in [2.45, 2.75) is 36.8 Å². The molecule has 0 bridgehead atoms. The molecule has 0 aromatic heterocycles. The van der Waals surface area contributed by atoms with Crippen molar-refractivity contribution in [3.8, 4) is 0 Å². The summed E-state index contributed by atoms with van der Waals surface area (Å²) in [6.07, 6.45) is 1.24. The Labute approximate surface area is 193 Å². The van der Waals surface area contributed by atoms with Gasteiger partial charge < -0.3 is 14.7 Å². The van der Waals surface area contributed by atoms with Gasteiger partial charge in [0.1, 0.15) is 6.61 Å². The number of carbonyl (C=O) groups is 2. The molecule has 176 valence electrons. The van der Waals surface area contributed by atoms with Gasteiger partial charge in [-0.15, -0.1) is 0 Å². The van der Waals surface area contributed by atoms with E-state index in [9.17, 15) is 23.1 Å². The predicted molar refractivity (Wildman–Crippen MR) is 121 cm³/mol. The number of sulfonamides is 1. The normalized spacial score (nSPS) is 23.2. The third kappa shape index (κ3) is 5.54.